The molecule has 0 aromatic carbocycles. The van der Waals surface area contributed by atoms with Crippen molar-refractivity contribution in [3.63, 3.8) is 0 Å². The molecule has 7 atom stereocenters. The number of rotatable bonds is 1. The molecule has 2 N–H and O–H groups in total. The Morgan fingerprint density at radius 1 is 1.20 bits per heavy atom. The van der Waals surface area contributed by atoms with Gasteiger partial charge in [-0.1, -0.05) is 19.4 Å². The van der Waals surface area contributed by atoms with Crippen molar-refractivity contribution in [2.24, 2.45) is 28.6 Å². The Labute approximate surface area is 149 Å². The van der Waals surface area contributed by atoms with Gasteiger partial charge in [-0.3, -0.25) is 9.59 Å². The first-order valence-corrected chi connectivity index (χ1v) is 9.78. The van der Waals surface area contributed by atoms with Crippen molar-refractivity contribution < 1.29 is 19.8 Å². The highest BCUT2D eigenvalue weighted by Gasteiger charge is 2.69. The van der Waals surface area contributed by atoms with E-state index in [0.29, 0.717) is 19.3 Å². The van der Waals surface area contributed by atoms with E-state index in [1.54, 1.807) is 13.0 Å². The number of Topliss-reactive ketones (excluding diaryl/α,β-unsaturated/α-hetero) is 1. The van der Waals surface area contributed by atoms with Gasteiger partial charge in [-0.25, -0.2) is 0 Å². The first-order valence-electron chi connectivity index (χ1n) is 9.78. The van der Waals surface area contributed by atoms with Crippen LogP contribution < -0.4 is 0 Å². The van der Waals surface area contributed by atoms with Gasteiger partial charge in [0.2, 0.25) is 0 Å². The molecule has 0 bridgehead atoms. The molecule has 0 aromatic heterocycles. The van der Waals surface area contributed by atoms with Crippen LogP contribution in [0.5, 0.6) is 0 Å². The van der Waals surface area contributed by atoms with Crippen molar-refractivity contribution in [2.45, 2.75) is 77.4 Å². The van der Waals surface area contributed by atoms with E-state index in [4.69, 9.17) is 0 Å². The number of allylic oxidation sites excluding steroid dienone is 1. The van der Waals surface area contributed by atoms with Gasteiger partial charge in [0.05, 0.1) is 11.7 Å². The lowest BCUT2D eigenvalue weighted by Crippen LogP contribution is -2.65. The molecule has 3 fully saturated rings. The zero-order valence-corrected chi connectivity index (χ0v) is 15.5. The molecule has 138 valence electrons. The Hall–Kier alpha value is -1.00. The summed E-state index contributed by atoms with van der Waals surface area (Å²) in [6.45, 7) is 5.81. The number of hydrogen-bond donors (Lipinski definition) is 2. The maximum atomic E-state index is 12.2. The van der Waals surface area contributed by atoms with Gasteiger partial charge in [0, 0.05) is 17.8 Å². The van der Waals surface area contributed by atoms with Crippen molar-refractivity contribution in [1.82, 2.24) is 0 Å². The van der Waals surface area contributed by atoms with E-state index in [1.807, 2.05) is 6.92 Å². The molecule has 0 heterocycles. The molecule has 0 aromatic rings. The summed E-state index contributed by atoms with van der Waals surface area (Å²) in [6, 6.07) is 0. The number of carbonyl (C=O) groups excluding carboxylic acids is 2. The monoisotopic (exact) mass is 346 g/mol. The highest BCUT2D eigenvalue weighted by atomic mass is 16.3. The van der Waals surface area contributed by atoms with E-state index in [0.717, 1.165) is 31.3 Å². The Morgan fingerprint density at radius 2 is 1.92 bits per heavy atom. The second-order valence-corrected chi connectivity index (χ2v) is 9.54. The molecule has 4 rings (SSSR count). The molecule has 4 aliphatic carbocycles. The van der Waals surface area contributed by atoms with Crippen molar-refractivity contribution >= 4 is 11.6 Å². The van der Waals surface area contributed by atoms with E-state index in [2.05, 4.69) is 6.92 Å². The summed E-state index contributed by atoms with van der Waals surface area (Å²) in [6.07, 6.45) is 6.03. The molecule has 0 spiro atoms. The van der Waals surface area contributed by atoms with Crippen molar-refractivity contribution in [3.05, 3.63) is 11.6 Å². The Balaban J connectivity index is 1.78. The third kappa shape index (κ3) is 2.07. The fourth-order valence-corrected chi connectivity index (χ4v) is 7.29. The summed E-state index contributed by atoms with van der Waals surface area (Å²) in [7, 11) is 0. The SMILES string of the molecule is CC(=O)[C@H]1CC[C@@]2(O)[C@@H]3CCC4=CC(=O)CC[C@]4(C)[C@H]3[C@H](O)C[C@]12C. The number of fused-ring (bicyclic) bond motifs is 5. The number of carbonyl (C=O) groups is 2. The molecule has 0 amide bonds. The third-order valence-electron chi connectivity index (χ3n) is 8.58. The van der Waals surface area contributed by atoms with Crippen LogP contribution in [0.2, 0.25) is 0 Å². The molecule has 4 heteroatoms. The molecule has 25 heavy (non-hydrogen) atoms. The molecule has 0 unspecified atom stereocenters. The topological polar surface area (TPSA) is 74.6 Å². The molecular formula is C21H30O4. The minimum Gasteiger partial charge on any atom is -0.393 e. The average Bonchev–Trinajstić information content (AvgIpc) is 2.79. The number of aliphatic hydroxyl groups excluding tert-OH is 1. The first kappa shape index (κ1) is 17.4. The maximum absolute atomic E-state index is 12.2. The maximum Gasteiger partial charge on any atom is 0.155 e. The zero-order chi connectivity index (χ0) is 18.2. The van der Waals surface area contributed by atoms with Crippen LogP contribution in [0.1, 0.15) is 65.7 Å². The van der Waals surface area contributed by atoms with Gasteiger partial charge in [0.15, 0.2) is 5.78 Å². The first-order chi connectivity index (χ1) is 11.6. The van der Waals surface area contributed by atoms with Gasteiger partial charge >= 0.3 is 0 Å². The molecule has 3 saturated carbocycles. The van der Waals surface area contributed by atoms with Gasteiger partial charge in [0.25, 0.3) is 0 Å². The molecule has 0 saturated heterocycles. The van der Waals surface area contributed by atoms with Crippen LogP contribution in [-0.4, -0.2) is 33.5 Å². The second-order valence-electron chi connectivity index (χ2n) is 9.54. The van der Waals surface area contributed by atoms with Gasteiger partial charge in [-0.05, 0) is 68.8 Å². The van der Waals surface area contributed by atoms with E-state index in [9.17, 15) is 19.8 Å². The summed E-state index contributed by atoms with van der Waals surface area (Å²) >= 11 is 0. The smallest absolute Gasteiger partial charge is 0.155 e. The lowest BCUT2D eigenvalue weighted by atomic mass is 9.44. The Morgan fingerprint density at radius 3 is 2.60 bits per heavy atom. The third-order valence-corrected chi connectivity index (χ3v) is 8.58. The van der Waals surface area contributed by atoms with E-state index >= 15 is 0 Å². The van der Waals surface area contributed by atoms with Crippen LogP contribution in [0.25, 0.3) is 0 Å². The summed E-state index contributed by atoms with van der Waals surface area (Å²) in [5.74, 6) is 0.142. The lowest BCUT2D eigenvalue weighted by molar-refractivity contribution is -0.218. The number of ketones is 2. The fraction of sp³-hybridized carbons (Fsp3) is 0.810. The van der Waals surface area contributed by atoms with Gasteiger partial charge in [0.1, 0.15) is 5.78 Å². The van der Waals surface area contributed by atoms with E-state index < -0.39 is 17.1 Å². The number of hydrogen-bond acceptors (Lipinski definition) is 4. The van der Waals surface area contributed by atoms with Crippen LogP contribution in [0.15, 0.2) is 11.6 Å². The summed E-state index contributed by atoms with van der Waals surface area (Å²) in [5.41, 5.74) is -0.468. The highest BCUT2D eigenvalue weighted by Crippen LogP contribution is 2.68. The van der Waals surface area contributed by atoms with Crippen LogP contribution >= 0.6 is 0 Å². The lowest BCUT2D eigenvalue weighted by Gasteiger charge is -2.62. The van der Waals surface area contributed by atoms with Gasteiger partial charge in [-0.15, -0.1) is 0 Å². The molecular weight excluding hydrogens is 316 g/mol. The summed E-state index contributed by atoms with van der Waals surface area (Å²) in [4.78, 5) is 24.1. The standard InChI is InChI=1S/C21H30O4/c1-12(22)15-7-9-21(25)16-5-4-13-10-14(23)6-8-19(13,2)18(16)17(24)11-20(15,21)3/h10,15-18,24-25H,4-9,11H2,1-3H3/t15-,16-,17-,18-,19+,20-,21-/m1/s1. The predicted octanol–water partition coefficient (Wildman–Crippen LogP) is 2.81. The number of aliphatic hydroxyl groups is 2. The second kappa shape index (κ2) is 5.26. The summed E-state index contributed by atoms with van der Waals surface area (Å²) in [5, 5.41) is 23.0. The molecule has 0 radical (unpaired) electrons. The predicted molar refractivity (Wildman–Crippen MR) is 93.7 cm³/mol. The van der Waals surface area contributed by atoms with Crippen LogP contribution in [0.3, 0.4) is 0 Å². The van der Waals surface area contributed by atoms with Crippen LogP contribution in [-0.2, 0) is 9.59 Å². The zero-order valence-electron chi connectivity index (χ0n) is 15.5. The Bertz CT molecular complexity index is 667. The normalized spacial score (nSPS) is 52.0. The van der Waals surface area contributed by atoms with E-state index in [-0.39, 0.29) is 34.7 Å². The fourth-order valence-electron chi connectivity index (χ4n) is 7.29. The summed E-state index contributed by atoms with van der Waals surface area (Å²) < 4.78 is 0. The van der Waals surface area contributed by atoms with Crippen LogP contribution in [0.4, 0.5) is 0 Å². The minimum absolute atomic E-state index is 0.000882. The highest BCUT2D eigenvalue weighted by molar-refractivity contribution is 5.91. The average molecular weight is 346 g/mol. The van der Waals surface area contributed by atoms with E-state index in [1.165, 1.54) is 0 Å². The largest absolute Gasteiger partial charge is 0.393 e. The molecule has 4 nitrogen and oxygen atoms in total. The Kier molecular flexibility index (Phi) is 3.66. The molecule has 0 aliphatic heterocycles. The molecule has 4 aliphatic rings. The van der Waals surface area contributed by atoms with Crippen molar-refractivity contribution in [3.8, 4) is 0 Å². The van der Waals surface area contributed by atoms with Crippen LogP contribution in [0, 0.1) is 28.6 Å². The van der Waals surface area contributed by atoms with Gasteiger partial charge in [-0.2, -0.15) is 0 Å². The quantitative estimate of drug-likeness (QED) is 0.766. The van der Waals surface area contributed by atoms with Gasteiger partial charge < -0.3 is 10.2 Å². The minimum atomic E-state index is -0.886. The van der Waals surface area contributed by atoms with Crippen molar-refractivity contribution in [1.29, 1.82) is 0 Å². The van der Waals surface area contributed by atoms with Crippen molar-refractivity contribution in [2.75, 3.05) is 0 Å².